The number of hydrogen-bond donors (Lipinski definition) is 0. The van der Waals surface area contributed by atoms with Gasteiger partial charge in [-0.15, -0.1) is 0 Å². The summed E-state index contributed by atoms with van der Waals surface area (Å²) in [4.78, 5) is 11.1. The minimum atomic E-state index is -0.0835. The molecule has 0 aliphatic rings. The molecule has 0 amide bonds. The molecule has 0 aliphatic heterocycles. The van der Waals surface area contributed by atoms with Gasteiger partial charge in [0.15, 0.2) is 0 Å². The molecule has 82 valence electrons. The van der Waals surface area contributed by atoms with Gasteiger partial charge in [-0.3, -0.25) is 0 Å². The summed E-state index contributed by atoms with van der Waals surface area (Å²) >= 11 is 0. The third kappa shape index (κ3) is 2.58. The highest BCUT2D eigenvalue weighted by atomic mass is 16.5. The molecule has 1 rings (SSSR count). The molecule has 0 saturated heterocycles. The molecule has 0 fully saturated rings. The highest BCUT2D eigenvalue weighted by Crippen LogP contribution is 2.31. The van der Waals surface area contributed by atoms with Crippen LogP contribution in [-0.4, -0.2) is 13.4 Å². The van der Waals surface area contributed by atoms with Gasteiger partial charge in [0.05, 0.1) is 7.11 Å². The van der Waals surface area contributed by atoms with Crippen molar-refractivity contribution < 1.29 is 9.53 Å². The van der Waals surface area contributed by atoms with E-state index in [-0.39, 0.29) is 11.8 Å². The Morgan fingerprint density at radius 1 is 1.33 bits per heavy atom. The highest BCUT2D eigenvalue weighted by Gasteiger charge is 2.18. The number of aldehydes is 1. The van der Waals surface area contributed by atoms with Gasteiger partial charge in [-0.2, -0.15) is 0 Å². The van der Waals surface area contributed by atoms with E-state index in [0.29, 0.717) is 0 Å². The zero-order valence-corrected chi connectivity index (χ0v) is 9.78. The Morgan fingerprint density at radius 3 is 2.47 bits per heavy atom. The fourth-order valence-electron chi connectivity index (χ4n) is 1.70. The lowest BCUT2D eigenvalue weighted by molar-refractivity contribution is -0.109. The minimum absolute atomic E-state index is 0.0835. The number of hydrogen-bond acceptors (Lipinski definition) is 2. The second kappa shape index (κ2) is 4.96. The number of methoxy groups -OCH3 is 1. The summed E-state index contributed by atoms with van der Waals surface area (Å²) in [6.45, 7) is 6.10. The number of benzene rings is 1. The molecule has 0 aromatic heterocycles. The number of carbonyl (C=O) groups is 1. The van der Waals surface area contributed by atoms with Gasteiger partial charge in [0.2, 0.25) is 0 Å². The number of ether oxygens (including phenoxy) is 1. The summed E-state index contributed by atoms with van der Waals surface area (Å²) in [6.07, 6.45) is 1.00. The lowest BCUT2D eigenvalue weighted by Gasteiger charge is -2.18. The van der Waals surface area contributed by atoms with E-state index in [0.717, 1.165) is 23.2 Å². The van der Waals surface area contributed by atoms with Crippen molar-refractivity contribution in [2.75, 3.05) is 7.11 Å². The topological polar surface area (TPSA) is 26.3 Å². The van der Waals surface area contributed by atoms with Crippen LogP contribution in [-0.2, 0) is 4.79 Å². The van der Waals surface area contributed by atoms with E-state index in [1.165, 1.54) is 0 Å². The van der Waals surface area contributed by atoms with Crippen molar-refractivity contribution in [1.82, 2.24) is 0 Å². The summed E-state index contributed by atoms with van der Waals surface area (Å²) in [5.74, 6) is 1.00. The van der Waals surface area contributed by atoms with Crippen LogP contribution in [0.3, 0.4) is 0 Å². The Morgan fingerprint density at radius 2 is 2.00 bits per heavy atom. The summed E-state index contributed by atoms with van der Waals surface area (Å²) in [7, 11) is 1.64. The SMILES string of the molecule is COc1ccc(C)cc1C(C=O)C(C)C. The van der Waals surface area contributed by atoms with Crippen molar-refractivity contribution in [1.29, 1.82) is 0 Å². The van der Waals surface area contributed by atoms with Gasteiger partial charge in [0.25, 0.3) is 0 Å². The number of rotatable bonds is 4. The Bertz CT molecular complexity index is 342. The minimum Gasteiger partial charge on any atom is -0.496 e. The lowest BCUT2D eigenvalue weighted by Crippen LogP contribution is -2.09. The van der Waals surface area contributed by atoms with Crippen LogP contribution in [0, 0.1) is 12.8 Å². The Hall–Kier alpha value is -1.31. The van der Waals surface area contributed by atoms with E-state index in [1.54, 1.807) is 7.11 Å². The Kier molecular flexibility index (Phi) is 3.89. The van der Waals surface area contributed by atoms with Gasteiger partial charge in [-0.05, 0) is 18.9 Å². The monoisotopic (exact) mass is 206 g/mol. The molecule has 0 aliphatic carbocycles. The van der Waals surface area contributed by atoms with Crippen LogP contribution in [0.15, 0.2) is 18.2 Å². The number of carbonyl (C=O) groups excluding carboxylic acids is 1. The first-order valence-corrected chi connectivity index (χ1v) is 5.20. The van der Waals surface area contributed by atoms with Gasteiger partial charge < -0.3 is 9.53 Å². The van der Waals surface area contributed by atoms with Crippen LogP contribution in [0.4, 0.5) is 0 Å². The summed E-state index contributed by atoms with van der Waals surface area (Å²) in [5.41, 5.74) is 2.14. The molecule has 0 saturated carbocycles. The molecule has 2 nitrogen and oxygen atoms in total. The van der Waals surface area contributed by atoms with Crippen molar-refractivity contribution >= 4 is 6.29 Å². The molecular weight excluding hydrogens is 188 g/mol. The van der Waals surface area contributed by atoms with Crippen molar-refractivity contribution in [2.24, 2.45) is 5.92 Å². The second-order valence-electron chi connectivity index (χ2n) is 4.15. The van der Waals surface area contributed by atoms with Gasteiger partial charge >= 0.3 is 0 Å². The lowest BCUT2D eigenvalue weighted by atomic mass is 9.88. The highest BCUT2D eigenvalue weighted by molar-refractivity contribution is 5.65. The normalized spacial score (nSPS) is 12.6. The standard InChI is InChI=1S/C13H18O2/c1-9(2)12(8-14)11-7-10(3)5-6-13(11)15-4/h5-9,12H,1-4H3. The molecule has 1 atom stereocenters. The molecule has 0 bridgehead atoms. The maximum Gasteiger partial charge on any atom is 0.127 e. The first-order chi connectivity index (χ1) is 7.10. The molecule has 0 N–H and O–H groups in total. The van der Waals surface area contributed by atoms with E-state index in [4.69, 9.17) is 4.74 Å². The van der Waals surface area contributed by atoms with Crippen molar-refractivity contribution in [3.05, 3.63) is 29.3 Å². The molecule has 0 heterocycles. The molecule has 1 aromatic rings. The maximum atomic E-state index is 11.1. The average molecular weight is 206 g/mol. The van der Waals surface area contributed by atoms with Crippen molar-refractivity contribution in [3.63, 3.8) is 0 Å². The Labute approximate surface area is 91.3 Å². The van der Waals surface area contributed by atoms with Crippen LogP contribution in [0.2, 0.25) is 0 Å². The molecule has 2 heteroatoms. The van der Waals surface area contributed by atoms with Gasteiger partial charge in [0, 0.05) is 11.5 Å². The predicted octanol–water partition coefficient (Wildman–Crippen LogP) is 2.94. The van der Waals surface area contributed by atoms with Crippen LogP contribution < -0.4 is 4.74 Å². The van der Waals surface area contributed by atoms with E-state index in [1.807, 2.05) is 39.0 Å². The molecule has 1 unspecified atom stereocenters. The molecule has 1 aromatic carbocycles. The first-order valence-electron chi connectivity index (χ1n) is 5.20. The third-order valence-electron chi connectivity index (χ3n) is 2.61. The van der Waals surface area contributed by atoms with Crippen LogP contribution in [0.1, 0.15) is 30.9 Å². The van der Waals surface area contributed by atoms with Gasteiger partial charge in [-0.1, -0.05) is 31.5 Å². The number of aryl methyl sites for hydroxylation is 1. The summed E-state index contributed by atoms with van der Waals surface area (Å²) in [6, 6.07) is 5.94. The molecule has 0 spiro atoms. The zero-order chi connectivity index (χ0) is 11.4. The van der Waals surface area contributed by atoms with E-state index < -0.39 is 0 Å². The molecule has 0 radical (unpaired) electrons. The quantitative estimate of drug-likeness (QED) is 0.708. The Balaban J connectivity index is 3.19. The summed E-state index contributed by atoms with van der Waals surface area (Å²) < 4.78 is 5.27. The second-order valence-corrected chi connectivity index (χ2v) is 4.15. The van der Waals surface area contributed by atoms with Crippen molar-refractivity contribution in [3.8, 4) is 5.75 Å². The van der Waals surface area contributed by atoms with Gasteiger partial charge in [0.1, 0.15) is 12.0 Å². The predicted molar refractivity (Wildman–Crippen MR) is 61.4 cm³/mol. The van der Waals surface area contributed by atoms with E-state index in [2.05, 4.69) is 0 Å². The molecule has 15 heavy (non-hydrogen) atoms. The van der Waals surface area contributed by atoms with Crippen LogP contribution in [0.5, 0.6) is 5.75 Å². The summed E-state index contributed by atoms with van der Waals surface area (Å²) in [5, 5.41) is 0. The molecular formula is C13H18O2. The third-order valence-corrected chi connectivity index (χ3v) is 2.61. The van der Waals surface area contributed by atoms with E-state index in [9.17, 15) is 4.79 Å². The fourth-order valence-corrected chi connectivity index (χ4v) is 1.70. The van der Waals surface area contributed by atoms with Crippen LogP contribution in [0.25, 0.3) is 0 Å². The maximum absolute atomic E-state index is 11.1. The van der Waals surface area contributed by atoms with Crippen LogP contribution >= 0.6 is 0 Å². The smallest absolute Gasteiger partial charge is 0.127 e. The first kappa shape index (κ1) is 11.8. The van der Waals surface area contributed by atoms with Gasteiger partial charge in [-0.25, -0.2) is 0 Å². The largest absolute Gasteiger partial charge is 0.496 e. The van der Waals surface area contributed by atoms with E-state index >= 15 is 0 Å². The average Bonchev–Trinajstić information content (AvgIpc) is 2.18. The fraction of sp³-hybridized carbons (Fsp3) is 0.462. The van der Waals surface area contributed by atoms with Crippen molar-refractivity contribution in [2.45, 2.75) is 26.7 Å². The zero-order valence-electron chi connectivity index (χ0n) is 9.78.